The van der Waals surface area contributed by atoms with E-state index in [4.69, 9.17) is 5.73 Å². The molecule has 0 unspecified atom stereocenters. The van der Waals surface area contributed by atoms with Gasteiger partial charge in [0.1, 0.15) is 17.7 Å². The first-order valence-electron chi connectivity index (χ1n) is 5.85. The van der Waals surface area contributed by atoms with E-state index in [2.05, 4.69) is 20.4 Å². The Bertz CT molecular complexity index is 664. The van der Waals surface area contributed by atoms with Crippen LogP contribution in [0, 0.1) is 0 Å². The Labute approximate surface area is 108 Å². The quantitative estimate of drug-likeness (QED) is 0.718. The maximum absolute atomic E-state index is 11.6. The summed E-state index contributed by atoms with van der Waals surface area (Å²) in [6.07, 6.45) is 2.70. The van der Waals surface area contributed by atoms with Crippen LogP contribution in [0.4, 0.5) is 5.82 Å². The average Bonchev–Trinajstić information content (AvgIpc) is 2.97. The van der Waals surface area contributed by atoms with Crippen LogP contribution >= 0.6 is 0 Å². The lowest BCUT2D eigenvalue weighted by molar-refractivity contribution is -0.126. The standard InChI is InChI=1S/C11H12N6O2/c12-9(19)7-4-6-10(15-7)13-5-14-11(6)16-17-3-1-2-8(17)18/h4-5H,1-3H2,(H2,12,19)(H2,13,14,15,16). The lowest BCUT2D eigenvalue weighted by atomic mass is 10.3. The van der Waals surface area contributed by atoms with Crippen molar-refractivity contribution in [1.82, 2.24) is 20.0 Å². The minimum Gasteiger partial charge on any atom is -0.364 e. The van der Waals surface area contributed by atoms with Crippen molar-refractivity contribution in [3.63, 3.8) is 0 Å². The van der Waals surface area contributed by atoms with Gasteiger partial charge in [0.05, 0.1) is 5.39 Å². The molecular formula is C11H12N6O2. The molecule has 0 saturated carbocycles. The van der Waals surface area contributed by atoms with E-state index >= 15 is 0 Å². The minimum atomic E-state index is -0.568. The molecule has 0 atom stereocenters. The second-order valence-electron chi connectivity index (χ2n) is 4.29. The van der Waals surface area contributed by atoms with Gasteiger partial charge in [0.25, 0.3) is 5.91 Å². The predicted octanol–water partition coefficient (Wildman–Crippen LogP) is 0.00610. The first-order chi connectivity index (χ1) is 9.15. The van der Waals surface area contributed by atoms with E-state index in [9.17, 15) is 9.59 Å². The molecule has 0 aromatic carbocycles. The van der Waals surface area contributed by atoms with Crippen molar-refractivity contribution in [3.05, 3.63) is 18.1 Å². The van der Waals surface area contributed by atoms with Crippen LogP contribution in [0.5, 0.6) is 0 Å². The van der Waals surface area contributed by atoms with Gasteiger partial charge in [-0.15, -0.1) is 0 Å². The van der Waals surface area contributed by atoms with E-state index in [1.807, 2.05) is 0 Å². The number of aromatic nitrogens is 3. The Balaban J connectivity index is 1.98. The number of nitrogens with zero attached hydrogens (tertiary/aromatic N) is 3. The third-order valence-electron chi connectivity index (χ3n) is 3.01. The second-order valence-corrected chi connectivity index (χ2v) is 4.29. The minimum absolute atomic E-state index is 0.0254. The van der Waals surface area contributed by atoms with Crippen molar-refractivity contribution >= 4 is 28.7 Å². The number of hydrogen-bond acceptors (Lipinski definition) is 5. The second kappa shape index (κ2) is 4.23. The molecule has 0 bridgehead atoms. The fourth-order valence-electron chi connectivity index (χ4n) is 2.06. The molecule has 0 radical (unpaired) electrons. The van der Waals surface area contributed by atoms with Gasteiger partial charge in [-0.1, -0.05) is 0 Å². The fraction of sp³-hybridized carbons (Fsp3) is 0.273. The van der Waals surface area contributed by atoms with Gasteiger partial charge in [-0.25, -0.2) is 9.97 Å². The van der Waals surface area contributed by atoms with Crippen molar-refractivity contribution in [2.24, 2.45) is 5.73 Å². The first kappa shape index (κ1) is 11.5. The van der Waals surface area contributed by atoms with Crippen LogP contribution in [-0.4, -0.2) is 38.3 Å². The van der Waals surface area contributed by atoms with Crippen LogP contribution in [0.25, 0.3) is 11.0 Å². The fourth-order valence-corrected chi connectivity index (χ4v) is 2.06. The molecule has 3 heterocycles. The molecule has 98 valence electrons. The van der Waals surface area contributed by atoms with Crippen LogP contribution in [0.15, 0.2) is 12.4 Å². The summed E-state index contributed by atoms with van der Waals surface area (Å²) < 4.78 is 0. The number of hydrazine groups is 1. The molecule has 3 rings (SSSR count). The molecular weight excluding hydrogens is 248 g/mol. The molecule has 1 saturated heterocycles. The zero-order valence-electron chi connectivity index (χ0n) is 10.0. The number of anilines is 1. The third kappa shape index (κ3) is 1.96. The molecule has 1 fully saturated rings. The number of carbonyl (C=O) groups excluding carboxylic acids is 2. The van der Waals surface area contributed by atoms with Gasteiger partial charge in [-0.3, -0.25) is 20.0 Å². The number of carbonyl (C=O) groups is 2. The molecule has 1 aliphatic rings. The molecule has 4 N–H and O–H groups in total. The molecule has 2 aromatic heterocycles. The van der Waals surface area contributed by atoms with Gasteiger partial charge in [-0.2, -0.15) is 0 Å². The van der Waals surface area contributed by atoms with Crippen LogP contribution in [0.3, 0.4) is 0 Å². The lowest BCUT2D eigenvalue weighted by Crippen LogP contribution is -2.31. The van der Waals surface area contributed by atoms with E-state index in [1.54, 1.807) is 6.07 Å². The van der Waals surface area contributed by atoms with Crippen molar-refractivity contribution in [2.45, 2.75) is 12.8 Å². The maximum atomic E-state index is 11.6. The summed E-state index contributed by atoms with van der Waals surface area (Å²) in [5.41, 5.74) is 8.91. The highest BCUT2D eigenvalue weighted by molar-refractivity contribution is 5.99. The number of rotatable bonds is 3. The van der Waals surface area contributed by atoms with Crippen LogP contribution in [-0.2, 0) is 4.79 Å². The number of aromatic amines is 1. The van der Waals surface area contributed by atoms with Gasteiger partial charge in [0.15, 0.2) is 5.82 Å². The number of nitrogens with two attached hydrogens (primary N) is 1. The topological polar surface area (TPSA) is 117 Å². The Hall–Kier alpha value is -2.64. The Morgan fingerprint density at radius 1 is 1.47 bits per heavy atom. The molecule has 0 aliphatic carbocycles. The van der Waals surface area contributed by atoms with E-state index < -0.39 is 5.91 Å². The third-order valence-corrected chi connectivity index (χ3v) is 3.01. The summed E-state index contributed by atoms with van der Waals surface area (Å²) in [4.78, 5) is 33.6. The van der Waals surface area contributed by atoms with Crippen molar-refractivity contribution in [3.8, 4) is 0 Å². The largest absolute Gasteiger partial charge is 0.364 e. The van der Waals surface area contributed by atoms with Crippen molar-refractivity contribution in [2.75, 3.05) is 12.0 Å². The van der Waals surface area contributed by atoms with Crippen molar-refractivity contribution in [1.29, 1.82) is 0 Å². The lowest BCUT2D eigenvalue weighted by Gasteiger charge is -2.17. The highest BCUT2D eigenvalue weighted by atomic mass is 16.2. The van der Waals surface area contributed by atoms with E-state index in [0.717, 1.165) is 6.42 Å². The molecule has 8 heteroatoms. The highest BCUT2D eigenvalue weighted by Crippen LogP contribution is 2.22. The monoisotopic (exact) mass is 260 g/mol. The van der Waals surface area contributed by atoms with Gasteiger partial charge < -0.3 is 10.7 Å². The number of fused-ring (bicyclic) bond motifs is 1. The number of amides is 2. The average molecular weight is 260 g/mol. The van der Waals surface area contributed by atoms with E-state index in [0.29, 0.717) is 29.8 Å². The van der Waals surface area contributed by atoms with Crippen LogP contribution in [0.1, 0.15) is 23.3 Å². The first-order valence-corrected chi connectivity index (χ1v) is 5.85. The number of hydrogen-bond donors (Lipinski definition) is 3. The number of primary amides is 1. The Morgan fingerprint density at radius 2 is 2.32 bits per heavy atom. The summed E-state index contributed by atoms with van der Waals surface area (Å²) in [6.45, 7) is 0.636. The van der Waals surface area contributed by atoms with Gasteiger partial charge >= 0.3 is 0 Å². The van der Waals surface area contributed by atoms with Crippen LogP contribution < -0.4 is 11.2 Å². The normalized spacial score (nSPS) is 15.2. The molecule has 1 aliphatic heterocycles. The summed E-state index contributed by atoms with van der Waals surface area (Å²) in [7, 11) is 0. The molecule has 8 nitrogen and oxygen atoms in total. The zero-order chi connectivity index (χ0) is 13.4. The molecule has 2 amide bonds. The SMILES string of the molecule is NC(=O)c1cc2c(NN3CCCC3=O)ncnc2[nH]1. The number of nitrogens with one attached hydrogen (secondary N) is 2. The van der Waals surface area contributed by atoms with Crippen LogP contribution in [0.2, 0.25) is 0 Å². The molecule has 0 spiro atoms. The smallest absolute Gasteiger partial charge is 0.265 e. The summed E-state index contributed by atoms with van der Waals surface area (Å²) in [5.74, 6) is -0.0670. The Kier molecular flexibility index (Phi) is 2.55. The van der Waals surface area contributed by atoms with Gasteiger partial charge in [0.2, 0.25) is 5.91 Å². The maximum Gasteiger partial charge on any atom is 0.265 e. The van der Waals surface area contributed by atoms with Crippen molar-refractivity contribution < 1.29 is 9.59 Å². The summed E-state index contributed by atoms with van der Waals surface area (Å²) in [6, 6.07) is 1.57. The number of H-pyrrole nitrogens is 1. The molecule has 19 heavy (non-hydrogen) atoms. The zero-order valence-corrected chi connectivity index (χ0v) is 10.0. The molecule has 2 aromatic rings. The van der Waals surface area contributed by atoms with E-state index in [1.165, 1.54) is 11.3 Å². The van der Waals surface area contributed by atoms with Gasteiger partial charge in [0, 0.05) is 13.0 Å². The van der Waals surface area contributed by atoms with E-state index in [-0.39, 0.29) is 11.6 Å². The summed E-state index contributed by atoms with van der Waals surface area (Å²) >= 11 is 0. The van der Waals surface area contributed by atoms with Gasteiger partial charge in [-0.05, 0) is 12.5 Å². The summed E-state index contributed by atoms with van der Waals surface area (Å²) in [5, 5.41) is 2.13. The predicted molar refractivity (Wildman–Crippen MR) is 67.0 cm³/mol. The highest BCUT2D eigenvalue weighted by Gasteiger charge is 2.21. The Morgan fingerprint density at radius 3 is 3.00 bits per heavy atom.